The molecular formula is C43H57N9O5. The van der Waals surface area contributed by atoms with Crippen molar-refractivity contribution < 1.29 is 23.8 Å². The number of hydrogen-bond donors (Lipinski definition) is 2. The summed E-state index contributed by atoms with van der Waals surface area (Å²) in [5, 5.41) is 14.5. The molecule has 3 aromatic rings. The van der Waals surface area contributed by atoms with Crippen molar-refractivity contribution in [1.29, 1.82) is 0 Å². The van der Waals surface area contributed by atoms with Crippen LogP contribution in [0.5, 0.6) is 17.2 Å². The number of aromatic nitrogens is 1. The van der Waals surface area contributed by atoms with E-state index >= 15 is 0 Å². The van der Waals surface area contributed by atoms with Gasteiger partial charge in [0.05, 0.1) is 13.2 Å². The van der Waals surface area contributed by atoms with E-state index in [2.05, 4.69) is 30.7 Å². The Morgan fingerprint density at radius 3 is 2.02 bits per heavy atom. The highest BCUT2D eigenvalue weighted by molar-refractivity contribution is 6.00. The van der Waals surface area contributed by atoms with E-state index in [0.29, 0.717) is 72.9 Å². The van der Waals surface area contributed by atoms with Crippen molar-refractivity contribution >= 4 is 22.7 Å². The summed E-state index contributed by atoms with van der Waals surface area (Å²) in [6, 6.07) is 14.1. The number of rotatable bonds is 21. The van der Waals surface area contributed by atoms with Crippen LogP contribution in [-0.2, 0) is 11.2 Å². The van der Waals surface area contributed by atoms with Crippen molar-refractivity contribution in [2.75, 3.05) is 26.3 Å². The van der Waals surface area contributed by atoms with Gasteiger partial charge in [-0.2, -0.15) is 0 Å². The van der Waals surface area contributed by atoms with Crippen LogP contribution < -0.4 is 24.8 Å². The molecule has 2 N–H and O–H groups in total. The van der Waals surface area contributed by atoms with Crippen molar-refractivity contribution in [3.8, 4) is 17.2 Å². The number of para-hydroxylation sites is 1. The van der Waals surface area contributed by atoms with Gasteiger partial charge in [0.1, 0.15) is 40.1 Å². The Labute approximate surface area is 335 Å². The van der Waals surface area contributed by atoms with Gasteiger partial charge in [-0.3, -0.25) is 9.59 Å². The SMILES string of the molecule is CC(C)(C)Oc1ccc(C[C@H](NC(=O)c2cc(OCCCCCN=[N+]=[N-])c3cccc(OCCCCCN=[N+]=[N-])c3n2)C(=O)NC23CC4CC(CC(C4)C2)C3)cc1. The number of carbonyl (C=O) groups excluding carboxylic acids is 2. The predicted octanol–water partition coefficient (Wildman–Crippen LogP) is 9.56. The van der Waals surface area contributed by atoms with Crippen molar-refractivity contribution in [2.45, 2.75) is 121 Å². The van der Waals surface area contributed by atoms with Gasteiger partial charge in [0.15, 0.2) is 0 Å². The van der Waals surface area contributed by atoms with E-state index in [0.717, 1.165) is 69.1 Å². The number of nitrogens with one attached hydrogen (secondary N) is 2. The first-order valence-electron chi connectivity index (χ1n) is 20.6. The minimum atomic E-state index is -0.852. The van der Waals surface area contributed by atoms with Crippen LogP contribution in [0.3, 0.4) is 0 Å². The summed E-state index contributed by atoms with van der Waals surface area (Å²) >= 11 is 0. The smallest absolute Gasteiger partial charge is 0.270 e. The maximum absolute atomic E-state index is 14.4. The monoisotopic (exact) mass is 779 g/mol. The van der Waals surface area contributed by atoms with Gasteiger partial charge in [-0.25, -0.2) is 4.98 Å². The molecule has 0 saturated heterocycles. The first kappa shape index (κ1) is 41.4. The molecule has 2 amide bonds. The topological polar surface area (TPSA) is 196 Å². The second-order valence-electron chi connectivity index (χ2n) is 17.2. The highest BCUT2D eigenvalue weighted by Gasteiger charge is 2.52. The van der Waals surface area contributed by atoms with Crippen LogP contribution in [0, 0.1) is 17.8 Å². The Balaban J connectivity index is 1.24. The molecule has 304 valence electrons. The summed E-state index contributed by atoms with van der Waals surface area (Å²) in [6.07, 6.45) is 11.7. The minimum Gasteiger partial charge on any atom is -0.493 e. The summed E-state index contributed by atoms with van der Waals surface area (Å²) in [5.41, 5.74) is 18.1. The lowest BCUT2D eigenvalue weighted by molar-refractivity contribution is -0.128. The van der Waals surface area contributed by atoms with Gasteiger partial charge in [-0.1, -0.05) is 28.4 Å². The lowest BCUT2D eigenvalue weighted by Gasteiger charge is -2.57. The van der Waals surface area contributed by atoms with E-state index < -0.39 is 11.9 Å². The molecule has 0 spiro atoms. The number of benzene rings is 2. The van der Waals surface area contributed by atoms with Gasteiger partial charge >= 0.3 is 0 Å². The standard InChI is InChI=1S/C43H57N9O5/c1-42(2,3)57-33-15-13-29(14-16-33)24-35(41(54)50-43-26-30-21-31(27-43)23-32(22-30)28-43)49-40(53)36-25-38(56-20-9-5-7-18-47-52-45)34-11-10-12-37(39(34)48-36)55-19-8-4-6-17-46-51-44/h10-16,25,30-32,35H,4-9,17-24,26-28H2,1-3H3,(H,49,53)(H,50,54)/t30?,31?,32?,35-,43?/m0/s1. The number of azide groups is 2. The van der Waals surface area contributed by atoms with Crippen LogP contribution >= 0.6 is 0 Å². The molecule has 14 nitrogen and oxygen atoms in total. The van der Waals surface area contributed by atoms with Gasteiger partial charge < -0.3 is 24.8 Å². The largest absolute Gasteiger partial charge is 0.493 e. The number of unbranched alkanes of at least 4 members (excludes halogenated alkanes) is 4. The third-order valence-corrected chi connectivity index (χ3v) is 11.3. The fraction of sp³-hybridized carbons (Fsp3) is 0.605. The van der Waals surface area contributed by atoms with Crippen molar-refractivity contribution in [3.63, 3.8) is 0 Å². The third-order valence-electron chi connectivity index (χ3n) is 11.3. The predicted molar refractivity (Wildman–Crippen MR) is 219 cm³/mol. The van der Waals surface area contributed by atoms with Gasteiger partial charge in [0.2, 0.25) is 5.91 Å². The first-order valence-corrected chi connectivity index (χ1v) is 20.6. The molecule has 4 aliphatic rings. The number of pyridine rings is 1. The summed E-state index contributed by atoms with van der Waals surface area (Å²) in [5.74, 6) is 3.04. The van der Waals surface area contributed by atoms with E-state index in [9.17, 15) is 9.59 Å². The molecule has 1 aromatic heterocycles. The average molecular weight is 780 g/mol. The zero-order valence-corrected chi connectivity index (χ0v) is 33.6. The number of fused-ring (bicyclic) bond motifs is 1. The number of hydrogen-bond acceptors (Lipinski definition) is 8. The molecule has 4 saturated carbocycles. The number of ether oxygens (including phenoxy) is 3. The molecule has 4 aliphatic carbocycles. The Hall–Kier alpha value is -5.19. The summed E-state index contributed by atoms with van der Waals surface area (Å²) in [6.45, 7) is 7.67. The fourth-order valence-corrected chi connectivity index (χ4v) is 9.26. The quantitative estimate of drug-likeness (QED) is 0.0467. The molecular weight excluding hydrogens is 723 g/mol. The maximum Gasteiger partial charge on any atom is 0.270 e. The molecule has 0 radical (unpaired) electrons. The van der Waals surface area contributed by atoms with E-state index in [1.54, 1.807) is 6.07 Å². The lowest BCUT2D eigenvalue weighted by Crippen LogP contribution is -2.63. The Bertz CT molecular complexity index is 1920. The van der Waals surface area contributed by atoms with Crippen LogP contribution in [0.15, 0.2) is 58.8 Å². The second kappa shape index (κ2) is 19.3. The van der Waals surface area contributed by atoms with Crippen LogP contribution in [0.1, 0.15) is 114 Å². The van der Waals surface area contributed by atoms with Crippen LogP contribution in [-0.4, -0.2) is 60.3 Å². The summed E-state index contributed by atoms with van der Waals surface area (Å²) < 4.78 is 18.5. The molecule has 57 heavy (non-hydrogen) atoms. The Morgan fingerprint density at radius 2 is 1.44 bits per heavy atom. The molecule has 4 fully saturated rings. The normalized spacial score (nSPS) is 21.2. The van der Waals surface area contributed by atoms with E-state index in [-0.39, 0.29) is 22.7 Å². The van der Waals surface area contributed by atoms with E-state index in [1.807, 2.05) is 63.2 Å². The van der Waals surface area contributed by atoms with Gasteiger partial charge in [0.25, 0.3) is 5.91 Å². The van der Waals surface area contributed by atoms with Crippen LogP contribution in [0.2, 0.25) is 0 Å². The van der Waals surface area contributed by atoms with E-state index in [1.165, 1.54) is 19.3 Å². The molecule has 2 aromatic carbocycles. The van der Waals surface area contributed by atoms with Crippen molar-refractivity contribution in [2.24, 2.45) is 28.0 Å². The molecule has 4 bridgehead atoms. The molecule has 14 heteroatoms. The highest BCUT2D eigenvalue weighted by atomic mass is 16.5. The lowest BCUT2D eigenvalue weighted by atomic mass is 9.53. The van der Waals surface area contributed by atoms with Crippen molar-refractivity contribution in [1.82, 2.24) is 15.6 Å². The summed E-state index contributed by atoms with van der Waals surface area (Å²) in [4.78, 5) is 39.2. The van der Waals surface area contributed by atoms with Crippen LogP contribution in [0.4, 0.5) is 0 Å². The number of carbonyl (C=O) groups is 2. The maximum atomic E-state index is 14.4. The van der Waals surface area contributed by atoms with E-state index in [4.69, 9.17) is 30.3 Å². The van der Waals surface area contributed by atoms with Gasteiger partial charge in [0, 0.05) is 46.3 Å². The van der Waals surface area contributed by atoms with Crippen LogP contribution in [0.25, 0.3) is 31.8 Å². The molecule has 1 atom stereocenters. The molecule has 1 heterocycles. The zero-order chi connectivity index (χ0) is 40.3. The third kappa shape index (κ3) is 11.7. The number of nitrogens with zero attached hydrogens (tertiary/aromatic N) is 7. The van der Waals surface area contributed by atoms with Gasteiger partial charge in [-0.15, -0.1) is 0 Å². The molecule has 0 aliphatic heterocycles. The van der Waals surface area contributed by atoms with Gasteiger partial charge in [-0.05, 0) is 156 Å². The molecule has 0 unspecified atom stereocenters. The zero-order valence-electron chi connectivity index (χ0n) is 33.6. The first-order chi connectivity index (χ1) is 27.5. The average Bonchev–Trinajstić information content (AvgIpc) is 3.16. The number of amides is 2. The Kier molecular flexibility index (Phi) is 14.0. The minimum absolute atomic E-state index is 0.118. The van der Waals surface area contributed by atoms with Crippen molar-refractivity contribution in [3.05, 3.63) is 80.7 Å². The summed E-state index contributed by atoms with van der Waals surface area (Å²) in [7, 11) is 0. The Morgan fingerprint density at radius 1 is 0.842 bits per heavy atom. The highest BCUT2D eigenvalue weighted by Crippen LogP contribution is 2.55. The second-order valence-corrected chi connectivity index (χ2v) is 17.2. The molecule has 7 rings (SSSR count). The fourth-order valence-electron chi connectivity index (χ4n) is 9.26.